The van der Waals surface area contributed by atoms with Gasteiger partial charge in [0, 0.05) is 35.6 Å². The lowest BCUT2D eigenvalue weighted by Crippen LogP contribution is -2.42. The standard InChI is InChI=1S/C19H20F3N3O3S/c1-12-23-16(10-29-12)13-2-4-15(5-3-13)24-17(26)14-6-8-25(9-7-14)18(27)28-11-19(20,21)22/h2-5,10,14H,6-9,11H2,1H3,(H,24,26). The summed E-state index contributed by atoms with van der Waals surface area (Å²) in [6.45, 7) is 0.681. The van der Waals surface area contributed by atoms with Crippen molar-refractivity contribution in [2.45, 2.75) is 25.9 Å². The van der Waals surface area contributed by atoms with Gasteiger partial charge in [-0.15, -0.1) is 11.3 Å². The predicted octanol–water partition coefficient (Wildman–Crippen LogP) is 4.47. The second kappa shape index (κ2) is 8.81. The number of aromatic nitrogens is 1. The summed E-state index contributed by atoms with van der Waals surface area (Å²) in [6, 6.07) is 7.35. The Labute approximate surface area is 169 Å². The number of ether oxygens (including phenoxy) is 1. The molecule has 156 valence electrons. The molecule has 0 saturated carbocycles. The monoisotopic (exact) mass is 427 g/mol. The molecular weight excluding hydrogens is 407 g/mol. The summed E-state index contributed by atoms with van der Waals surface area (Å²) in [4.78, 5) is 29.7. The van der Waals surface area contributed by atoms with Crippen molar-refractivity contribution in [1.82, 2.24) is 9.88 Å². The highest BCUT2D eigenvalue weighted by molar-refractivity contribution is 7.09. The van der Waals surface area contributed by atoms with Gasteiger partial charge in [0.25, 0.3) is 0 Å². The van der Waals surface area contributed by atoms with Crippen molar-refractivity contribution in [3.63, 3.8) is 0 Å². The summed E-state index contributed by atoms with van der Waals surface area (Å²) in [5, 5.41) is 5.79. The molecule has 1 saturated heterocycles. The van der Waals surface area contributed by atoms with Crippen LogP contribution in [0.15, 0.2) is 29.6 Å². The van der Waals surface area contributed by atoms with Crippen molar-refractivity contribution >= 4 is 29.0 Å². The topological polar surface area (TPSA) is 71.5 Å². The van der Waals surface area contributed by atoms with Crippen LogP contribution in [0.2, 0.25) is 0 Å². The van der Waals surface area contributed by atoms with Crippen molar-refractivity contribution in [3.8, 4) is 11.3 Å². The number of amides is 2. The maximum atomic E-state index is 12.5. The Kier molecular flexibility index (Phi) is 6.41. The van der Waals surface area contributed by atoms with Crippen molar-refractivity contribution in [2.75, 3.05) is 25.0 Å². The van der Waals surface area contributed by atoms with Gasteiger partial charge in [0.2, 0.25) is 5.91 Å². The normalized spacial score (nSPS) is 15.2. The quantitative estimate of drug-likeness (QED) is 0.782. The lowest BCUT2D eigenvalue weighted by molar-refractivity contribution is -0.162. The molecule has 0 aliphatic carbocycles. The van der Waals surface area contributed by atoms with Crippen LogP contribution in [0.4, 0.5) is 23.7 Å². The van der Waals surface area contributed by atoms with Gasteiger partial charge in [-0.25, -0.2) is 9.78 Å². The molecule has 2 amide bonds. The summed E-state index contributed by atoms with van der Waals surface area (Å²) in [5.74, 6) is -0.493. The van der Waals surface area contributed by atoms with Crippen molar-refractivity contribution in [3.05, 3.63) is 34.7 Å². The molecule has 0 bridgehead atoms. The molecule has 0 radical (unpaired) electrons. The van der Waals surface area contributed by atoms with E-state index in [1.165, 1.54) is 4.90 Å². The fraction of sp³-hybridized carbons (Fsp3) is 0.421. The Hall–Kier alpha value is -2.62. The zero-order valence-electron chi connectivity index (χ0n) is 15.7. The van der Waals surface area contributed by atoms with Crippen molar-refractivity contribution < 1.29 is 27.5 Å². The number of hydrogen-bond acceptors (Lipinski definition) is 5. The Balaban J connectivity index is 1.48. The number of hydrogen-bond donors (Lipinski definition) is 1. The van der Waals surface area contributed by atoms with Crippen LogP contribution in [-0.2, 0) is 9.53 Å². The van der Waals surface area contributed by atoms with Crippen LogP contribution in [0.25, 0.3) is 11.3 Å². The third-order valence-corrected chi connectivity index (χ3v) is 5.32. The molecule has 0 unspecified atom stereocenters. The maximum absolute atomic E-state index is 12.5. The van der Waals surface area contributed by atoms with E-state index >= 15 is 0 Å². The average molecular weight is 427 g/mol. The number of piperidine rings is 1. The van der Waals surface area contributed by atoms with Gasteiger partial charge < -0.3 is 15.0 Å². The van der Waals surface area contributed by atoms with Crippen LogP contribution >= 0.6 is 11.3 Å². The zero-order valence-corrected chi connectivity index (χ0v) is 16.5. The number of aryl methyl sites for hydroxylation is 1. The zero-order chi connectivity index (χ0) is 21.0. The Bertz CT molecular complexity index is 860. The number of nitrogens with one attached hydrogen (secondary N) is 1. The van der Waals surface area contributed by atoms with Crippen molar-refractivity contribution in [2.24, 2.45) is 5.92 Å². The highest BCUT2D eigenvalue weighted by Crippen LogP contribution is 2.25. The lowest BCUT2D eigenvalue weighted by Gasteiger charge is -2.30. The highest BCUT2D eigenvalue weighted by atomic mass is 32.1. The minimum atomic E-state index is -4.55. The Morgan fingerprint density at radius 3 is 2.45 bits per heavy atom. The Morgan fingerprint density at radius 1 is 1.24 bits per heavy atom. The van der Waals surface area contributed by atoms with Gasteiger partial charge in [-0.3, -0.25) is 4.79 Å². The molecule has 1 aliphatic heterocycles. The first-order valence-electron chi connectivity index (χ1n) is 9.03. The molecule has 1 aliphatic rings. The van der Waals surface area contributed by atoms with Crippen LogP contribution in [0, 0.1) is 12.8 Å². The number of alkyl halides is 3. The van der Waals surface area contributed by atoms with Crippen LogP contribution in [0.1, 0.15) is 17.8 Å². The molecular formula is C19H20F3N3O3S. The number of carbonyl (C=O) groups is 2. The minimum Gasteiger partial charge on any atom is -0.440 e. The maximum Gasteiger partial charge on any atom is 0.422 e. The number of carbonyl (C=O) groups excluding carboxylic acids is 2. The molecule has 3 rings (SSSR count). The van der Waals surface area contributed by atoms with E-state index in [2.05, 4.69) is 15.0 Å². The minimum absolute atomic E-state index is 0.175. The average Bonchev–Trinajstić information content (AvgIpc) is 3.12. The lowest BCUT2D eigenvalue weighted by atomic mass is 9.96. The number of anilines is 1. The first-order valence-corrected chi connectivity index (χ1v) is 9.91. The SMILES string of the molecule is Cc1nc(-c2ccc(NC(=O)C3CCN(C(=O)OCC(F)(F)F)CC3)cc2)cs1. The van der Waals surface area contributed by atoms with E-state index in [1.807, 2.05) is 24.4 Å². The molecule has 1 aromatic heterocycles. The largest absolute Gasteiger partial charge is 0.440 e. The summed E-state index contributed by atoms with van der Waals surface area (Å²) in [6.07, 6.45) is -4.83. The number of halogens is 3. The van der Waals surface area contributed by atoms with Crippen molar-refractivity contribution in [1.29, 1.82) is 0 Å². The molecule has 29 heavy (non-hydrogen) atoms. The van der Waals surface area contributed by atoms with E-state index in [0.717, 1.165) is 16.3 Å². The molecule has 2 heterocycles. The molecule has 0 atom stereocenters. The van der Waals surface area contributed by atoms with Crippen LogP contribution < -0.4 is 5.32 Å². The van der Waals surface area contributed by atoms with Gasteiger partial charge in [0.15, 0.2) is 6.61 Å². The predicted molar refractivity (Wildman–Crippen MR) is 103 cm³/mol. The summed E-state index contributed by atoms with van der Waals surface area (Å²) in [7, 11) is 0. The van der Waals surface area contributed by atoms with Crippen LogP contribution in [0.5, 0.6) is 0 Å². The van der Waals surface area contributed by atoms with E-state index in [-0.39, 0.29) is 24.9 Å². The first kappa shape index (κ1) is 21.1. The number of rotatable bonds is 4. The van der Waals surface area contributed by atoms with Gasteiger partial charge in [0.1, 0.15) is 0 Å². The number of likely N-dealkylation sites (tertiary alicyclic amines) is 1. The Morgan fingerprint density at radius 2 is 1.90 bits per heavy atom. The second-order valence-electron chi connectivity index (χ2n) is 6.75. The molecule has 10 heteroatoms. The van der Waals surface area contributed by atoms with Gasteiger partial charge in [-0.2, -0.15) is 13.2 Å². The molecule has 1 fully saturated rings. The fourth-order valence-electron chi connectivity index (χ4n) is 3.02. The van der Waals surface area contributed by atoms with Crippen LogP contribution in [-0.4, -0.2) is 47.8 Å². The molecule has 1 aromatic carbocycles. The second-order valence-corrected chi connectivity index (χ2v) is 7.81. The number of nitrogens with zero attached hydrogens (tertiary/aromatic N) is 2. The fourth-order valence-corrected chi connectivity index (χ4v) is 3.65. The van der Waals surface area contributed by atoms with E-state index < -0.39 is 18.9 Å². The smallest absolute Gasteiger partial charge is 0.422 e. The van der Waals surface area contributed by atoms with E-state index in [4.69, 9.17) is 0 Å². The highest BCUT2D eigenvalue weighted by Gasteiger charge is 2.33. The third kappa shape index (κ3) is 5.93. The van der Waals surface area contributed by atoms with Gasteiger partial charge in [-0.05, 0) is 31.9 Å². The van der Waals surface area contributed by atoms with Gasteiger partial charge >= 0.3 is 12.3 Å². The molecule has 0 spiro atoms. The van der Waals surface area contributed by atoms with Gasteiger partial charge in [-0.1, -0.05) is 12.1 Å². The summed E-state index contributed by atoms with van der Waals surface area (Å²) in [5.41, 5.74) is 2.49. The molecule has 6 nitrogen and oxygen atoms in total. The van der Waals surface area contributed by atoms with E-state index in [1.54, 1.807) is 23.5 Å². The third-order valence-electron chi connectivity index (χ3n) is 4.55. The molecule has 2 aromatic rings. The number of benzene rings is 1. The summed E-state index contributed by atoms with van der Waals surface area (Å²) < 4.78 is 40.6. The molecule has 1 N–H and O–H groups in total. The van der Waals surface area contributed by atoms with E-state index in [0.29, 0.717) is 18.5 Å². The first-order chi connectivity index (χ1) is 13.7. The van der Waals surface area contributed by atoms with E-state index in [9.17, 15) is 22.8 Å². The van der Waals surface area contributed by atoms with Gasteiger partial charge in [0.05, 0.1) is 10.7 Å². The number of thiazole rings is 1. The summed E-state index contributed by atoms with van der Waals surface area (Å²) >= 11 is 1.57. The van der Waals surface area contributed by atoms with Crippen LogP contribution in [0.3, 0.4) is 0 Å².